The van der Waals surface area contributed by atoms with E-state index in [1.165, 1.54) is 0 Å². The van der Waals surface area contributed by atoms with Gasteiger partial charge in [-0.25, -0.2) is 0 Å². The zero-order chi connectivity index (χ0) is 18.4. The molecule has 1 heterocycles. The largest absolute Gasteiger partial charge is 0.497 e. The summed E-state index contributed by atoms with van der Waals surface area (Å²) >= 11 is 1.62. The lowest BCUT2D eigenvalue weighted by atomic mass is 10.2. The summed E-state index contributed by atoms with van der Waals surface area (Å²) in [6, 6.07) is 11.9. The van der Waals surface area contributed by atoms with Crippen LogP contribution < -0.4 is 4.74 Å². The van der Waals surface area contributed by atoms with E-state index in [-0.39, 0.29) is 24.5 Å². The molecule has 138 valence electrons. The van der Waals surface area contributed by atoms with Gasteiger partial charge in [0, 0.05) is 17.5 Å². The fourth-order valence-corrected chi connectivity index (χ4v) is 3.42. The fourth-order valence-electron chi connectivity index (χ4n) is 2.71. The summed E-state index contributed by atoms with van der Waals surface area (Å²) in [5.41, 5.74) is 1.04. The van der Waals surface area contributed by atoms with Crippen LogP contribution in [0.25, 0.3) is 0 Å². The van der Waals surface area contributed by atoms with Gasteiger partial charge in [-0.3, -0.25) is 9.59 Å². The van der Waals surface area contributed by atoms with Gasteiger partial charge in [0.1, 0.15) is 5.75 Å². The zero-order valence-electron chi connectivity index (χ0n) is 14.8. The Kier molecular flexibility index (Phi) is 6.28. The van der Waals surface area contributed by atoms with Crippen LogP contribution in [0.4, 0.5) is 0 Å². The van der Waals surface area contributed by atoms with E-state index in [9.17, 15) is 9.59 Å². The predicted octanol–water partition coefficient (Wildman–Crippen LogP) is 3.42. The van der Waals surface area contributed by atoms with E-state index in [2.05, 4.69) is 0 Å². The fraction of sp³-hybridized carbons (Fsp3) is 0.400. The van der Waals surface area contributed by atoms with Crippen LogP contribution in [0.2, 0.25) is 0 Å². The first-order valence-electron chi connectivity index (χ1n) is 8.76. The molecule has 0 aliphatic heterocycles. The summed E-state index contributed by atoms with van der Waals surface area (Å²) in [5, 5.41) is 1.98. The molecule has 2 aromatic rings. The monoisotopic (exact) mass is 373 g/mol. The van der Waals surface area contributed by atoms with Crippen molar-refractivity contribution in [1.29, 1.82) is 0 Å². The molecular formula is C20H23NO4S. The summed E-state index contributed by atoms with van der Waals surface area (Å²) in [6.07, 6.45) is 2.97. The maximum atomic E-state index is 12.5. The van der Waals surface area contributed by atoms with E-state index in [0.717, 1.165) is 29.0 Å². The van der Waals surface area contributed by atoms with Crippen LogP contribution >= 0.6 is 11.3 Å². The molecule has 6 heteroatoms. The number of esters is 1. The van der Waals surface area contributed by atoms with Crippen molar-refractivity contribution >= 4 is 23.2 Å². The number of rotatable bonds is 9. The van der Waals surface area contributed by atoms with E-state index in [1.807, 2.05) is 46.7 Å². The molecule has 0 bridgehead atoms. The molecule has 1 fully saturated rings. The normalized spacial score (nSPS) is 13.3. The smallest absolute Gasteiger partial charge is 0.306 e. The quantitative estimate of drug-likeness (QED) is 0.632. The van der Waals surface area contributed by atoms with Crippen LogP contribution in [0.5, 0.6) is 5.75 Å². The second kappa shape index (κ2) is 8.85. The van der Waals surface area contributed by atoms with Gasteiger partial charge in [-0.1, -0.05) is 18.2 Å². The van der Waals surface area contributed by atoms with Crippen molar-refractivity contribution in [3.63, 3.8) is 0 Å². The molecule has 0 saturated heterocycles. The summed E-state index contributed by atoms with van der Waals surface area (Å²) in [6.45, 7) is 0.343. The van der Waals surface area contributed by atoms with E-state index >= 15 is 0 Å². The van der Waals surface area contributed by atoms with Gasteiger partial charge in [0.05, 0.1) is 13.5 Å². The van der Waals surface area contributed by atoms with Gasteiger partial charge >= 0.3 is 5.97 Å². The Hall–Kier alpha value is -2.34. The molecule has 26 heavy (non-hydrogen) atoms. The Morgan fingerprint density at radius 3 is 2.58 bits per heavy atom. The maximum absolute atomic E-state index is 12.5. The molecule has 5 nitrogen and oxygen atoms in total. The lowest BCUT2D eigenvalue weighted by molar-refractivity contribution is -0.152. The maximum Gasteiger partial charge on any atom is 0.306 e. The predicted molar refractivity (Wildman–Crippen MR) is 100 cm³/mol. The Morgan fingerprint density at radius 1 is 1.19 bits per heavy atom. The van der Waals surface area contributed by atoms with Crippen molar-refractivity contribution in [1.82, 2.24) is 4.90 Å². The van der Waals surface area contributed by atoms with E-state index in [4.69, 9.17) is 9.47 Å². The number of carbonyl (C=O) groups is 2. The molecular weight excluding hydrogens is 350 g/mol. The first-order valence-corrected chi connectivity index (χ1v) is 9.64. The third kappa shape index (κ3) is 5.33. The van der Waals surface area contributed by atoms with Gasteiger partial charge in [0.15, 0.2) is 6.61 Å². The first-order chi connectivity index (χ1) is 12.7. The second-order valence-corrected chi connectivity index (χ2v) is 7.37. The van der Waals surface area contributed by atoms with Crippen molar-refractivity contribution in [2.75, 3.05) is 13.7 Å². The minimum absolute atomic E-state index is 0.132. The number of aryl methyl sites for hydroxylation is 1. The summed E-state index contributed by atoms with van der Waals surface area (Å²) in [5.74, 6) is 0.331. The molecule has 1 aromatic carbocycles. The van der Waals surface area contributed by atoms with Crippen LogP contribution in [0.1, 0.15) is 29.7 Å². The van der Waals surface area contributed by atoms with E-state index in [0.29, 0.717) is 19.4 Å². The summed E-state index contributed by atoms with van der Waals surface area (Å²) < 4.78 is 10.3. The van der Waals surface area contributed by atoms with Crippen molar-refractivity contribution in [3.8, 4) is 5.75 Å². The van der Waals surface area contributed by atoms with Gasteiger partial charge in [0.2, 0.25) is 0 Å². The first kappa shape index (κ1) is 18.5. The highest BCUT2D eigenvalue weighted by Crippen LogP contribution is 2.29. The van der Waals surface area contributed by atoms with Crippen molar-refractivity contribution in [3.05, 3.63) is 52.2 Å². The molecule has 1 amide bonds. The van der Waals surface area contributed by atoms with Crippen LogP contribution in [-0.4, -0.2) is 36.5 Å². The molecule has 0 radical (unpaired) electrons. The number of ether oxygens (including phenoxy) is 2. The number of nitrogens with zero attached hydrogens (tertiary/aromatic N) is 1. The number of hydrogen-bond donors (Lipinski definition) is 0. The minimum atomic E-state index is -0.327. The Morgan fingerprint density at radius 2 is 1.96 bits per heavy atom. The summed E-state index contributed by atoms with van der Waals surface area (Å²) in [4.78, 5) is 27.4. The molecule has 0 atom stereocenters. The van der Waals surface area contributed by atoms with Crippen LogP contribution in [-0.2, 0) is 27.3 Å². The van der Waals surface area contributed by atoms with Crippen LogP contribution in [0.15, 0.2) is 41.8 Å². The number of benzene rings is 1. The molecule has 3 rings (SSSR count). The molecule has 1 aliphatic rings. The van der Waals surface area contributed by atoms with Crippen molar-refractivity contribution in [2.45, 2.75) is 38.3 Å². The number of thiophene rings is 1. The average Bonchev–Trinajstić information content (AvgIpc) is 3.37. The van der Waals surface area contributed by atoms with Gasteiger partial charge in [-0.05, 0) is 48.4 Å². The third-order valence-electron chi connectivity index (χ3n) is 4.33. The Bertz CT molecular complexity index is 723. The Labute approximate surface area is 157 Å². The van der Waals surface area contributed by atoms with Crippen LogP contribution in [0.3, 0.4) is 0 Å². The highest BCUT2D eigenvalue weighted by Gasteiger charge is 2.32. The number of hydrogen-bond acceptors (Lipinski definition) is 5. The lowest BCUT2D eigenvalue weighted by Crippen LogP contribution is -2.36. The van der Waals surface area contributed by atoms with Gasteiger partial charge in [0.25, 0.3) is 5.91 Å². The minimum Gasteiger partial charge on any atom is -0.497 e. The molecule has 1 saturated carbocycles. The molecule has 0 unspecified atom stereocenters. The van der Waals surface area contributed by atoms with E-state index in [1.54, 1.807) is 18.4 Å². The molecule has 0 N–H and O–H groups in total. The zero-order valence-corrected chi connectivity index (χ0v) is 15.7. The van der Waals surface area contributed by atoms with E-state index < -0.39 is 0 Å². The van der Waals surface area contributed by atoms with Gasteiger partial charge in [-0.2, -0.15) is 0 Å². The molecule has 0 spiro atoms. The standard InChI is InChI=1S/C20H23NO4S/c1-24-17-8-4-15(5-9-17)13-21(16-6-7-16)19(22)14-25-20(23)11-10-18-3-2-12-26-18/h2-5,8-9,12,16H,6-7,10-11,13-14H2,1H3. The number of methoxy groups -OCH3 is 1. The average molecular weight is 373 g/mol. The highest BCUT2D eigenvalue weighted by atomic mass is 32.1. The van der Waals surface area contributed by atoms with Gasteiger partial charge < -0.3 is 14.4 Å². The van der Waals surface area contributed by atoms with Gasteiger partial charge in [-0.15, -0.1) is 11.3 Å². The topological polar surface area (TPSA) is 55.8 Å². The lowest BCUT2D eigenvalue weighted by Gasteiger charge is -2.22. The molecule has 1 aromatic heterocycles. The van der Waals surface area contributed by atoms with Crippen LogP contribution in [0, 0.1) is 0 Å². The van der Waals surface area contributed by atoms with Crippen molar-refractivity contribution < 1.29 is 19.1 Å². The molecule has 1 aliphatic carbocycles. The SMILES string of the molecule is COc1ccc(CN(C(=O)COC(=O)CCc2cccs2)C2CC2)cc1. The number of amides is 1. The Balaban J connectivity index is 1.47. The number of carbonyl (C=O) groups excluding carboxylic acids is 2. The third-order valence-corrected chi connectivity index (χ3v) is 5.27. The highest BCUT2D eigenvalue weighted by molar-refractivity contribution is 7.09. The van der Waals surface area contributed by atoms with Crippen molar-refractivity contribution in [2.24, 2.45) is 0 Å². The summed E-state index contributed by atoms with van der Waals surface area (Å²) in [7, 11) is 1.63. The second-order valence-electron chi connectivity index (χ2n) is 6.34.